The van der Waals surface area contributed by atoms with Crippen molar-refractivity contribution < 1.29 is 4.79 Å². The molecule has 1 fully saturated rings. The lowest BCUT2D eigenvalue weighted by atomic mass is 9.85. The lowest BCUT2D eigenvalue weighted by Crippen LogP contribution is -2.53. The maximum atomic E-state index is 12.6. The van der Waals surface area contributed by atoms with E-state index < -0.39 is 5.54 Å². The Balaban J connectivity index is 1.35. The molecule has 2 aromatic heterocycles. The predicted octanol–water partition coefficient (Wildman–Crippen LogP) is 3.18. The molecular formula is C21H25ClN6O. The maximum absolute atomic E-state index is 12.6. The highest BCUT2D eigenvalue weighted by molar-refractivity contribution is 6.30. The van der Waals surface area contributed by atoms with Crippen molar-refractivity contribution in [2.45, 2.75) is 37.8 Å². The van der Waals surface area contributed by atoms with Gasteiger partial charge in [0.2, 0.25) is 5.91 Å². The number of hydrogen-bond donors (Lipinski definition) is 3. The first-order valence-electron chi connectivity index (χ1n) is 9.80. The predicted molar refractivity (Wildman–Crippen MR) is 115 cm³/mol. The first-order chi connectivity index (χ1) is 13.9. The van der Waals surface area contributed by atoms with Crippen LogP contribution in [0.15, 0.2) is 42.9 Å². The van der Waals surface area contributed by atoms with Gasteiger partial charge in [0.05, 0.1) is 11.4 Å². The standard InChI is InChI=1S/C21H25ClN6O/c1-14(15-2-4-16(22)5-3-15)27-18(29)12-21(23)7-10-28(11-8-21)20-17-6-9-24-19(17)25-13-26-20/h2-6,9,13-14H,7-8,10-12,23H2,1H3,(H,27,29)(H,24,25,26)/t14-/m0/s1. The Bertz CT molecular complexity index is 994. The lowest BCUT2D eigenvalue weighted by molar-refractivity contribution is -0.123. The monoisotopic (exact) mass is 412 g/mol. The van der Waals surface area contributed by atoms with Crippen molar-refractivity contribution in [3.8, 4) is 0 Å². The third-order valence-electron chi connectivity index (χ3n) is 5.65. The van der Waals surface area contributed by atoms with Crippen LogP contribution in [-0.4, -0.2) is 39.5 Å². The first-order valence-corrected chi connectivity index (χ1v) is 10.2. The van der Waals surface area contributed by atoms with Gasteiger partial charge in [0.1, 0.15) is 17.8 Å². The number of anilines is 1. The highest BCUT2D eigenvalue weighted by atomic mass is 35.5. The number of H-pyrrole nitrogens is 1. The van der Waals surface area contributed by atoms with Crippen LogP contribution in [0.4, 0.5) is 5.82 Å². The van der Waals surface area contributed by atoms with Gasteiger partial charge in [-0.1, -0.05) is 23.7 Å². The van der Waals surface area contributed by atoms with Crippen LogP contribution >= 0.6 is 11.6 Å². The summed E-state index contributed by atoms with van der Waals surface area (Å²) in [4.78, 5) is 26.6. The Labute approximate surface area is 174 Å². The lowest BCUT2D eigenvalue weighted by Gasteiger charge is -2.39. The van der Waals surface area contributed by atoms with Gasteiger partial charge in [0, 0.05) is 36.3 Å². The Kier molecular flexibility index (Phi) is 5.43. The summed E-state index contributed by atoms with van der Waals surface area (Å²) in [5.41, 5.74) is 7.92. The number of aromatic amines is 1. The van der Waals surface area contributed by atoms with E-state index in [-0.39, 0.29) is 11.9 Å². The molecule has 0 spiro atoms. The van der Waals surface area contributed by atoms with Crippen LogP contribution in [0, 0.1) is 0 Å². The largest absolute Gasteiger partial charge is 0.356 e. The van der Waals surface area contributed by atoms with Gasteiger partial charge in [-0.25, -0.2) is 9.97 Å². The molecular weight excluding hydrogens is 388 g/mol. The zero-order chi connectivity index (χ0) is 20.4. The quantitative estimate of drug-likeness (QED) is 0.597. The molecule has 1 aliphatic heterocycles. The zero-order valence-electron chi connectivity index (χ0n) is 16.4. The number of hydrogen-bond acceptors (Lipinski definition) is 5. The molecule has 1 atom stereocenters. The molecule has 4 N–H and O–H groups in total. The minimum atomic E-state index is -0.509. The number of rotatable bonds is 5. The van der Waals surface area contributed by atoms with Gasteiger partial charge in [-0.2, -0.15) is 0 Å². The number of nitrogens with two attached hydrogens (primary N) is 1. The number of halogens is 1. The molecule has 7 nitrogen and oxygen atoms in total. The van der Waals surface area contributed by atoms with Crippen LogP contribution < -0.4 is 16.0 Å². The number of carbonyl (C=O) groups is 1. The number of benzene rings is 1. The normalized spacial score (nSPS) is 17.3. The molecule has 1 saturated heterocycles. The van der Waals surface area contributed by atoms with Crippen molar-refractivity contribution in [2.24, 2.45) is 5.73 Å². The third-order valence-corrected chi connectivity index (χ3v) is 5.90. The van der Waals surface area contributed by atoms with Crippen LogP contribution in [0.3, 0.4) is 0 Å². The summed E-state index contributed by atoms with van der Waals surface area (Å²) in [7, 11) is 0. The minimum absolute atomic E-state index is 0.0292. The highest BCUT2D eigenvalue weighted by Gasteiger charge is 2.34. The number of piperidine rings is 1. The molecule has 8 heteroatoms. The molecule has 0 saturated carbocycles. The number of fused-ring (bicyclic) bond motifs is 1. The Hall–Kier alpha value is -2.64. The summed E-state index contributed by atoms with van der Waals surface area (Å²) in [5.74, 6) is 0.887. The average Bonchev–Trinajstić information content (AvgIpc) is 3.17. The van der Waals surface area contributed by atoms with Gasteiger partial charge in [-0.15, -0.1) is 0 Å². The molecule has 0 unspecified atom stereocenters. The molecule has 1 amide bonds. The molecule has 0 radical (unpaired) electrons. The average molecular weight is 413 g/mol. The summed E-state index contributed by atoms with van der Waals surface area (Å²) in [6.45, 7) is 3.48. The van der Waals surface area contributed by atoms with E-state index in [2.05, 4.69) is 25.2 Å². The van der Waals surface area contributed by atoms with Crippen LogP contribution in [0.2, 0.25) is 5.02 Å². The SMILES string of the molecule is C[C@H](NC(=O)CC1(N)CCN(c2ncnc3[nH]ccc23)CC1)c1ccc(Cl)cc1. The molecule has 0 bridgehead atoms. The van der Waals surface area contributed by atoms with Crippen LogP contribution in [0.5, 0.6) is 0 Å². The van der Waals surface area contributed by atoms with Crippen molar-refractivity contribution in [3.63, 3.8) is 0 Å². The molecule has 29 heavy (non-hydrogen) atoms. The number of carbonyl (C=O) groups excluding carboxylic acids is 1. The first kappa shape index (κ1) is 19.7. The topological polar surface area (TPSA) is 99.9 Å². The number of aromatic nitrogens is 3. The van der Waals surface area contributed by atoms with Gasteiger partial charge < -0.3 is 20.9 Å². The van der Waals surface area contributed by atoms with E-state index in [1.807, 2.05) is 43.5 Å². The van der Waals surface area contributed by atoms with Gasteiger partial charge >= 0.3 is 0 Å². The van der Waals surface area contributed by atoms with E-state index in [9.17, 15) is 4.79 Å². The summed E-state index contributed by atoms with van der Waals surface area (Å²) in [5, 5.41) is 4.74. The fraction of sp³-hybridized carbons (Fsp3) is 0.381. The molecule has 0 aliphatic carbocycles. The Morgan fingerprint density at radius 3 is 2.72 bits per heavy atom. The van der Waals surface area contributed by atoms with Crippen LogP contribution in [0.25, 0.3) is 11.0 Å². The van der Waals surface area contributed by atoms with Crippen LogP contribution in [0.1, 0.15) is 37.8 Å². The number of nitrogens with zero attached hydrogens (tertiary/aromatic N) is 3. The second kappa shape index (κ2) is 8.00. The van der Waals surface area contributed by atoms with Crippen molar-refractivity contribution in [3.05, 3.63) is 53.4 Å². The highest BCUT2D eigenvalue weighted by Crippen LogP contribution is 2.29. The molecule has 3 aromatic rings. The van der Waals surface area contributed by atoms with E-state index in [4.69, 9.17) is 17.3 Å². The van der Waals surface area contributed by atoms with Gasteiger partial charge in [0.15, 0.2) is 0 Å². The number of nitrogens with one attached hydrogen (secondary N) is 2. The van der Waals surface area contributed by atoms with Crippen molar-refractivity contribution in [1.29, 1.82) is 0 Å². The molecule has 3 heterocycles. The third kappa shape index (κ3) is 4.36. The summed E-state index contributed by atoms with van der Waals surface area (Å²) in [6.07, 6.45) is 5.20. The van der Waals surface area contributed by atoms with E-state index in [0.717, 1.165) is 48.3 Å². The fourth-order valence-corrected chi connectivity index (χ4v) is 4.02. The molecule has 4 rings (SSSR count). The van der Waals surface area contributed by atoms with Crippen molar-refractivity contribution in [2.75, 3.05) is 18.0 Å². The Morgan fingerprint density at radius 2 is 2.00 bits per heavy atom. The van der Waals surface area contributed by atoms with Gasteiger partial charge in [0.25, 0.3) is 0 Å². The van der Waals surface area contributed by atoms with Gasteiger partial charge in [-0.3, -0.25) is 4.79 Å². The van der Waals surface area contributed by atoms with Crippen molar-refractivity contribution >= 4 is 34.4 Å². The minimum Gasteiger partial charge on any atom is -0.356 e. The second-order valence-electron chi connectivity index (χ2n) is 7.80. The number of amides is 1. The van der Waals surface area contributed by atoms with Crippen LogP contribution in [-0.2, 0) is 4.79 Å². The fourth-order valence-electron chi connectivity index (χ4n) is 3.90. The summed E-state index contributed by atoms with van der Waals surface area (Å²) >= 11 is 5.93. The van der Waals surface area contributed by atoms with Gasteiger partial charge in [-0.05, 0) is 43.5 Å². The smallest absolute Gasteiger partial charge is 0.222 e. The van der Waals surface area contributed by atoms with E-state index in [0.29, 0.717) is 11.4 Å². The van der Waals surface area contributed by atoms with E-state index >= 15 is 0 Å². The summed E-state index contributed by atoms with van der Waals surface area (Å²) < 4.78 is 0. The molecule has 1 aliphatic rings. The van der Waals surface area contributed by atoms with Crippen molar-refractivity contribution in [1.82, 2.24) is 20.3 Å². The maximum Gasteiger partial charge on any atom is 0.222 e. The second-order valence-corrected chi connectivity index (χ2v) is 8.24. The molecule has 152 valence electrons. The summed E-state index contributed by atoms with van der Waals surface area (Å²) in [6, 6.07) is 9.40. The zero-order valence-corrected chi connectivity index (χ0v) is 17.1. The van der Waals surface area contributed by atoms with E-state index in [1.165, 1.54) is 0 Å². The molecule has 1 aromatic carbocycles. The van der Waals surface area contributed by atoms with E-state index in [1.54, 1.807) is 6.33 Å². The Morgan fingerprint density at radius 1 is 1.28 bits per heavy atom.